The van der Waals surface area contributed by atoms with Crippen LogP contribution in [0.2, 0.25) is 0 Å². The van der Waals surface area contributed by atoms with Crippen LogP contribution in [0.15, 0.2) is 0 Å². The standard InChI is InChI=1S/C11H23NO3/c1-6-7-12-9(8-14-5)10(13)15-11(2,3)4/h9,12H,6-8H2,1-5H3. The summed E-state index contributed by atoms with van der Waals surface area (Å²) >= 11 is 0. The van der Waals surface area contributed by atoms with Gasteiger partial charge in [-0.15, -0.1) is 0 Å². The molecule has 90 valence electrons. The minimum Gasteiger partial charge on any atom is -0.459 e. The van der Waals surface area contributed by atoms with Gasteiger partial charge in [0, 0.05) is 7.11 Å². The maximum Gasteiger partial charge on any atom is 0.326 e. The molecule has 0 rings (SSSR count). The minimum absolute atomic E-state index is 0.252. The van der Waals surface area contributed by atoms with Gasteiger partial charge in [-0.2, -0.15) is 0 Å². The number of rotatable bonds is 6. The number of carbonyl (C=O) groups is 1. The highest BCUT2D eigenvalue weighted by Gasteiger charge is 2.24. The molecule has 4 heteroatoms. The molecule has 0 bridgehead atoms. The first-order valence-corrected chi connectivity index (χ1v) is 5.36. The monoisotopic (exact) mass is 217 g/mol. The molecule has 1 atom stereocenters. The van der Waals surface area contributed by atoms with E-state index in [1.165, 1.54) is 0 Å². The SMILES string of the molecule is CCCNC(COC)C(=O)OC(C)(C)C. The first-order valence-electron chi connectivity index (χ1n) is 5.36. The fourth-order valence-electron chi connectivity index (χ4n) is 1.07. The lowest BCUT2D eigenvalue weighted by atomic mass is 10.2. The number of carbonyl (C=O) groups excluding carboxylic acids is 1. The first-order chi connectivity index (χ1) is 6.90. The van der Waals surface area contributed by atoms with Crippen molar-refractivity contribution in [3.8, 4) is 0 Å². The van der Waals surface area contributed by atoms with Crippen LogP contribution >= 0.6 is 0 Å². The van der Waals surface area contributed by atoms with E-state index in [1.807, 2.05) is 27.7 Å². The molecule has 0 saturated heterocycles. The number of hydrogen-bond acceptors (Lipinski definition) is 4. The van der Waals surface area contributed by atoms with Crippen LogP contribution in [0.4, 0.5) is 0 Å². The molecule has 0 heterocycles. The Bertz CT molecular complexity index is 187. The van der Waals surface area contributed by atoms with Crippen molar-refractivity contribution in [2.75, 3.05) is 20.3 Å². The highest BCUT2D eigenvalue weighted by atomic mass is 16.6. The lowest BCUT2D eigenvalue weighted by Crippen LogP contribution is -2.44. The Morgan fingerprint density at radius 2 is 2.00 bits per heavy atom. The van der Waals surface area contributed by atoms with Crippen LogP contribution in [0.3, 0.4) is 0 Å². The summed E-state index contributed by atoms with van der Waals surface area (Å²) in [5.74, 6) is -0.252. The van der Waals surface area contributed by atoms with Crippen LogP contribution in [0.25, 0.3) is 0 Å². The van der Waals surface area contributed by atoms with Crippen LogP contribution in [0, 0.1) is 0 Å². The van der Waals surface area contributed by atoms with Crippen LogP contribution in [0.5, 0.6) is 0 Å². The third-order valence-corrected chi connectivity index (χ3v) is 1.67. The van der Waals surface area contributed by atoms with Gasteiger partial charge in [-0.1, -0.05) is 6.92 Å². The molecule has 0 aromatic heterocycles. The molecule has 4 nitrogen and oxygen atoms in total. The summed E-state index contributed by atoms with van der Waals surface area (Å²) in [5, 5.41) is 3.09. The van der Waals surface area contributed by atoms with E-state index >= 15 is 0 Å². The number of nitrogens with one attached hydrogen (secondary N) is 1. The normalized spacial score (nSPS) is 13.7. The summed E-state index contributed by atoms with van der Waals surface area (Å²) in [6.07, 6.45) is 0.975. The van der Waals surface area contributed by atoms with E-state index in [1.54, 1.807) is 7.11 Å². The van der Waals surface area contributed by atoms with Gasteiger partial charge in [0.05, 0.1) is 6.61 Å². The zero-order chi connectivity index (χ0) is 11.9. The van der Waals surface area contributed by atoms with Gasteiger partial charge in [-0.25, -0.2) is 0 Å². The van der Waals surface area contributed by atoms with Crippen LogP contribution in [-0.2, 0) is 14.3 Å². The average Bonchev–Trinajstić information content (AvgIpc) is 2.09. The van der Waals surface area contributed by atoms with Crippen molar-refractivity contribution in [1.29, 1.82) is 0 Å². The second-order valence-electron chi connectivity index (χ2n) is 4.50. The number of esters is 1. The van der Waals surface area contributed by atoms with Gasteiger partial charge in [0.15, 0.2) is 0 Å². The molecular weight excluding hydrogens is 194 g/mol. The fourth-order valence-corrected chi connectivity index (χ4v) is 1.07. The number of hydrogen-bond donors (Lipinski definition) is 1. The zero-order valence-electron chi connectivity index (χ0n) is 10.4. The smallest absolute Gasteiger partial charge is 0.326 e. The summed E-state index contributed by atoms with van der Waals surface area (Å²) in [7, 11) is 1.57. The molecule has 0 aromatic rings. The highest BCUT2D eigenvalue weighted by molar-refractivity contribution is 5.76. The maximum absolute atomic E-state index is 11.7. The van der Waals surface area contributed by atoms with E-state index in [0.29, 0.717) is 6.61 Å². The zero-order valence-corrected chi connectivity index (χ0v) is 10.4. The molecular formula is C11H23NO3. The van der Waals surface area contributed by atoms with Crippen molar-refractivity contribution in [2.24, 2.45) is 0 Å². The van der Waals surface area contributed by atoms with E-state index in [4.69, 9.17) is 9.47 Å². The number of ether oxygens (including phenoxy) is 2. The van der Waals surface area contributed by atoms with Crippen LogP contribution in [0.1, 0.15) is 34.1 Å². The Kier molecular flexibility index (Phi) is 6.52. The van der Waals surface area contributed by atoms with E-state index in [9.17, 15) is 4.79 Å². The van der Waals surface area contributed by atoms with Gasteiger partial charge in [0.25, 0.3) is 0 Å². The maximum atomic E-state index is 11.7. The summed E-state index contributed by atoms with van der Waals surface area (Å²) in [6.45, 7) is 8.74. The van der Waals surface area contributed by atoms with Crippen LogP contribution in [-0.4, -0.2) is 37.9 Å². The molecule has 0 spiro atoms. The van der Waals surface area contributed by atoms with Crippen molar-refractivity contribution in [3.63, 3.8) is 0 Å². The predicted molar refractivity (Wildman–Crippen MR) is 59.8 cm³/mol. The molecule has 0 saturated carbocycles. The molecule has 0 fully saturated rings. The Morgan fingerprint density at radius 1 is 1.40 bits per heavy atom. The van der Waals surface area contributed by atoms with E-state index in [0.717, 1.165) is 13.0 Å². The van der Waals surface area contributed by atoms with Gasteiger partial charge in [-0.05, 0) is 33.7 Å². The van der Waals surface area contributed by atoms with Crippen molar-refractivity contribution < 1.29 is 14.3 Å². The minimum atomic E-state index is -0.447. The Labute approximate surface area is 92.3 Å². The summed E-state index contributed by atoms with van der Waals surface area (Å²) in [5.41, 5.74) is -0.447. The van der Waals surface area contributed by atoms with E-state index in [-0.39, 0.29) is 12.0 Å². The average molecular weight is 217 g/mol. The molecule has 15 heavy (non-hydrogen) atoms. The van der Waals surface area contributed by atoms with Gasteiger partial charge in [0.2, 0.25) is 0 Å². The summed E-state index contributed by atoms with van der Waals surface area (Å²) in [6, 6.07) is -0.367. The van der Waals surface area contributed by atoms with Gasteiger partial charge in [0.1, 0.15) is 11.6 Å². The van der Waals surface area contributed by atoms with Crippen molar-refractivity contribution >= 4 is 5.97 Å². The largest absolute Gasteiger partial charge is 0.459 e. The summed E-state index contributed by atoms with van der Waals surface area (Å²) in [4.78, 5) is 11.7. The molecule has 1 unspecified atom stereocenters. The first kappa shape index (κ1) is 14.4. The van der Waals surface area contributed by atoms with Crippen LogP contribution < -0.4 is 5.32 Å². The topological polar surface area (TPSA) is 47.6 Å². The Morgan fingerprint density at radius 3 is 2.40 bits per heavy atom. The molecule has 0 aliphatic heterocycles. The lowest BCUT2D eigenvalue weighted by Gasteiger charge is -2.24. The van der Waals surface area contributed by atoms with E-state index < -0.39 is 5.60 Å². The molecule has 0 amide bonds. The van der Waals surface area contributed by atoms with Gasteiger partial charge in [-0.3, -0.25) is 4.79 Å². The molecule has 0 aliphatic rings. The number of methoxy groups -OCH3 is 1. The second-order valence-corrected chi connectivity index (χ2v) is 4.50. The van der Waals surface area contributed by atoms with Gasteiger partial charge >= 0.3 is 5.97 Å². The van der Waals surface area contributed by atoms with Crippen molar-refractivity contribution in [2.45, 2.75) is 45.8 Å². The Hall–Kier alpha value is -0.610. The summed E-state index contributed by atoms with van der Waals surface area (Å²) < 4.78 is 10.2. The quantitative estimate of drug-likeness (QED) is 0.682. The third-order valence-electron chi connectivity index (χ3n) is 1.67. The third kappa shape index (κ3) is 7.33. The second kappa shape index (κ2) is 6.80. The highest BCUT2D eigenvalue weighted by Crippen LogP contribution is 2.08. The fraction of sp³-hybridized carbons (Fsp3) is 0.909. The lowest BCUT2D eigenvalue weighted by molar-refractivity contribution is -0.158. The van der Waals surface area contributed by atoms with Gasteiger partial charge < -0.3 is 14.8 Å². The molecule has 0 aliphatic carbocycles. The van der Waals surface area contributed by atoms with Crippen molar-refractivity contribution in [3.05, 3.63) is 0 Å². The van der Waals surface area contributed by atoms with Crippen molar-refractivity contribution in [1.82, 2.24) is 5.32 Å². The Balaban J connectivity index is 4.15. The predicted octanol–water partition coefficient (Wildman–Crippen LogP) is 1.34. The molecule has 0 radical (unpaired) electrons. The molecule has 1 N–H and O–H groups in total. The van der Waals surface area contributed by atoms with E-state index in [2.05, 4.69) is 5.32 Å². The molecule has 0 aromatic carbocycles.